The van der Waals surface area contributed by atoms with Crippen molar-refractivity contribution in [2.24, 2.45) is 0 Å². The molecule has 0 aliphatic carbocycles. The fourth-order valence-electron chi connectivity index (χ4n) is 3.85. The molecule has 192 valence electrons. The normalized spacial score (nSPS) is 12.5. The van der Waals surface area contributed by atoms with Gasteiger partial charge in [0.1, 0.15) is 12.0 Å². The monoisotopic (exact) mass is 511 g/mol. The highest BCUT2D eigenvalue weighted by atomic mass is 35.5. The van der Waals surface area contributed by atoms with E-state index < -0.39 is 0 Å². The summed E-state index contributed by atoms with van der Waals surface area (Å²) >= 11 is 6.13. The molecule has 0 aromatic heterocycles. The van der Waals surface area contributed by atoms with Crippen molar-refractivity contribution in [2.75, 3.05) is 55.9 Å². The van der Waals surface area contributed by atoms with Crippen molar-refractivity contribution in [3.63, 3.8) is 0 Å². The van der Waals surface area contributed by atoms with E-state index >= 15 is 0 Å². The molecule has 4 rings (SSSR count). The van der Waals surface area contributed by atoms with Gasteiger partial charge in [-0.3, -0.25) is 4.79 Å². The van der Waals surface area contributed by atoms with Gasteiger partial charge in [0.05, 0.1) is 7.11 Å². The molecule has 0 saturated carbocycles. The van der Waals surface area contributed by atoms with Crippen LogP contribution in [0.15, 0.2) is 60.7 Å². The minimum atomic E-state index is 0.476. The minimum absolute atomic E-state index is 0.476. The van der Waals surface area contributed by atoms with Crippen LogP contribution in [0.3, 0.4) is 0 Å². The van der Waals surface area contributed by atoms with Gasteiger partial charge in [0.25, 0.3) is 0 Å². The number of benzene rings is 3. The number of carbonyl (C=O) groups is 2. The van der Waals surface area contributed by atoms with E-state index in [1.165, 1.54) is 11.3 Å². The summed E-state index contributed by atoms with van der Waals surface area (Å²) in [5.41, 5.74) is 11.4. The first-order valence-electron chi connectivity index (χ1n) is 11.6. The second-order valence-electron chi connectivity index (χ2n) is 8.05. The van der Waals surface area contributed by atoms with Gasteiger partial charge in [-0.15, -0.1) is 0 Å². The number of nitrogen functional groups attached to an aromatic ring is 1. The zero-order chi connectivity index (χ0) is 26.5. The van der Waals surface area contributed by atoms with Gasteiger partial charge < -0.3 is 30.2 Å². The van der Waals surface area contributed by atoms with Gasteiger partial charge in [-0.1, -0.05) is 29.8 Å². The molecule has 1 saturated heterocycles. The molecule has 0 bridgehead atoms. The van der Waals surface area contributed by atoms with Gasteiger partial charge in [-0.25, -0.2) is 0 Å². The Kier molecular flexibility index (Phi) is 11.8. The minimum Gasteiger partial charge on any atom is -0.497 e. The molecular formula is C28H34ClN3O4. The maximum Gasteiger partial charge on any atom is 0.152 e. The van der Waals surface area contributed by atoms with Crippen LogP contribution in [0.2, 0.25) is 5.02 Å². The predicted octanol–water partition coefficient (Wildman–Crippen LogP) is 4.41. The highest BCUT2D eigenvalue weighted by Crippen LogP contribution is 2.27. The smallest absolute Gasteiger partial charge is 0.152 e. The highest BCUT2D eigenvalue weighted by molar-refractivity contribution is 6.30. The summed E-state index contributed by atoms with van der Waals surface area (Å²) in [4.78, 5) is 25.8. The average molecular weight is 512 g/mol. The number of carbonyl (C=O) groups excluding carboxylic acids is 2. The summed E-state index contributed by atoms with van der Waals surface area (Å²) < 4.78 is 4.96. The first-order valence-corrected chi connectivity index (χ1v) is 11.9. The Bertz CT molecular complexity index is 1110. The number of aldehydes is 2. The standard InChI is InChI=1S/C18H20ClN3O.C9H10O2.CH4O/c1-13-2-3-15(19)11-18(13)22-8-6-21(7-9-22)16-4-5-17(20)14(10-16)12-23;1-11-9-4-2-8(3-5-9)6-7-10;1-2/h2-5,10-12H,6-9,20H2,1H3;2-5,7H,6H2,1H3;2H,1H3. The second-order valence-corrected chi connectivity index (χ2v) is 8.49. The molecule has 0 spiro atoms. The van der Waals surface area contributed by atoms with Crippen LogP contribution < -0.4 is 20.3 Å². The Morgan fingerprint density at radius 2 is 1.58 bits per heavy atom. The van der Waals surface area contributed by atoms with Crippen molar-refractivity contribution in [3.05, 3.63) is 82.4 Å². The zero-order valence-electron chi connectivity index (χ0n) is 21.0. The zero-order valence-corrected chi connectivity index (χ0v) is 21.7. The lowest BCUT2D eigenvalue weighted by Gasteiger charge is -2.38. The van der Waals surface area contributed by atoms with E-state index in [4.69, 9.17) is 27.2 Å². The van der Waals surface area contributed by atoms with E-state index in [1.54, 1.807) is 13.2 Å². The number of aryl methyl sites for hydroxylation is 1. The maximum absolute atomic E-state index is 11.0. The molecule has 3 aromatic rings. The number of ether oxygens (including phenoxy) is 1. The first-order chi connectivity index (χ1) is 17.4. The number of methoxy groups -OCH3 is 1. The molecule has 0 unspecified atom stereocenters. The topological polar surface area (TPSA) is 96.1 Å². The molecule has 7 nitrogen and oxygen atoms in total. The number of piperazine rings is 1. The first kappa shape index (κ1) is 28.7. The fourth-order valence-corrected chi connectivity index (χ4v) is 4.01. The maximum atomic E-state index is 11.0. The summed E-state index contributed by atoms with van der Waals surface area (Å²) in [6, 6.07) is 19.1. The van der Waals surface area contributed by atoms with Crippen LogP contribution >= 0.6 is 11.6 Å². The quantitative estimate of drug-likeness (QED) is 0.373. The van der Waals surface area contributed by atoms with Crippen molar-refractivity contribution in [3.8, 4) is 5.75 Å². The van der Waals surface area contributed by atoms with E-state index in [-0.39, 0.29) is 0 Å². The Hall–Kier alpha value is -3.55. The number of hydrogen-bond acceptors (Lipinski definition) is 7. The number of aliphatic hydroxyl groups excluding tert-OH is 1. The molecule has 0 radical (unpaired) electrons. The van der Waals surface area contributed by atoms with E-state index in [2.05, 4.69) is 22.8 Å². The summed E-state index contributed by atoms with van der Waals surface area (Å²) in [6.07, 6.45) is 2.18. The molecule has 1 heterocycles. The number of anilines is 3. The van der Waals surface area contributed by atoms with Gasteiger partial charge in [-0.05, 0) is 60.5 Å². The van der Waals surface area contributed by atoms with E-state index in [1.807, 2.05) is 48.5 Å². The number of rotatable bonds is 6. The molecule has 0 amide bonds. The van der Waals surface area contributed by atoms with E-state index in [0.29, 0.717) is 17.7 Å². The van der Waals surface area contributed by atoms with Crippen molar-refractivity contribution >= 4 is 41.2 Å². The van der Waals surface area contributed by atoms with Gasteiger partial charge >= 0.3 is 0 Å². The third kappa shape index (κ3) is 8.00. The lowest BCUT2D eigenvalue weighted by molar-refractivity contribution is -0.107. The van der Waals surface area contributed by atoms with Gasteiger partial charge in [0, 0.05) is 67.4 Å². The molecule has 1 fully saturated rings. The predicted molar refractivity (Wildman–Crippen MR) is 148 cm³/mol. The van der Waals surface area contributed by atoms with Gasteiger partial charge in [0.15, 0.2) is 6.29 Å². The van der Waals surface area contributed by atoms with Crippen molar-refractivity contribution in [1.29, 1.82) is 0 Å². The summed E-state index contributed by atoms with van der Waals surface area (Å²) in [5, 5.41) is 7.77. The molecule has 3 N–H and O–H groups in total. The number of halogens is 1. The molecule has 1 aliphatic rings. The van der Waals surface area contributed by atoms with Crippen LogP contribution in [0.4, 0.5) is 17.1 Å². The molecule has 1 aliphatic heterocycles. The van der Waals surface area contributed by atoms with Crippen LogP contribution in [0, 0.1) is 6.92 Å². The molecule has 36 heavy (non-hydrogen) atoms. The molecule has 3 aromatic carbocycles. The number of hydrogen-bond donors (Lipinski definition) is 2. The number of aliphatic hydroxyl groups is 1. The fraction of sp³-hybridized carbons (Fsp3) is 0.286. The van der Waals surface area contributed by atoms with E-state index in [9.17, 15) is 9.59 Å². The Balaban J connectivity index is 0.000000295. The summed E-state index contributed by atoms with van der Waals surface area (Å²) in [7, 11) is 2.62. The van der Waals surface area contributed by atoms with Crippen LogP contribution in [-0.4, -0.2) is 58.1 Å². The van der Waals surface area contributed by atoms with E-state index in [0.717, 1.165) is 67.9 Å². The van der Waals surface area contributed by atoms with Crippen molar-refractivity contribution < 1.29 is 19.4 Å². The third-order valence-corrected chi connectivity index (χ3v) is 6.07. The number of nitrogens with zero attached hydrogens (tertiary/aromatic N) is 2. The number of nitrogens with two attached hydrogens (primary N) is 1. The SMILES string of the molecule is CO.COc1ccc(CC=O)cc1.Cc1ccc(Cl)cc1N1CCN(c2ccc(N)c(C=O)c2)CC1. The third-order valence-electron chi connectivity index (χ3n) is 5.83. The van der Waals surface area contributed by atoms with Crippen LogP contribution in [-0.2, 0) is 11.2 Å². The Morgan fingerprint density at radius 3 is 2.17 bits per heavy atom. The average Bonchev–Trinajstić information content (AvgIpc) is 2.92. The summed E-state index contributed by atoms with van der Waals surface area (Å²) in [6.45, 7) is 5.74. The molecular weight excluding hydrogens is 478 g/mol. The Morgan fingerprint density at radius 1 is 0.944 bits per heavy atom. The summed E-state index contributed by atoms with van der Waals surface area (Å²) in [5.74, 6) is 0.819. The Labute approximate surface area is 218 Å². The second kappa shape index (κ2) is 14.8. The lowest BCUT2D eigenvalue weighted by Crippen LogP contribution is -2.46. The molecule has 8 heteroatoms. The van der Waals surface area contributed by atoms with Gasteiger partial charge in [-0.2, -0.15) is 0 Å². The molecule has 0 atom stereocenters. The van der Waals surface area contributed by atoms with Gasteiger partial charge in [0.2, 0.25) is 0 Å². The van der Waals surface area contributed by atoms with Crippen molar-refractivity contribution in [2.45, 2.75) is 13.3 Å². The van der Waals surface area contributed by atoms with Crippen molar-refractivity contribution in [1.82, 2.24) is 0 Å². The van der Waals surface area contributed by atoms with Crippen LogP contribution in [0.25, 0.3) is 0 Å². The van der Waals surface area contributed by atoms with Crippen LogP contribution in [0.1, 0.15) is 21.5 Å². The lowest BCUT2D eigenvalue weighted by atomic mass is 10.1. The largest absolute Gasteiger partial charge is 0.497 e. The van der Waals surface area contributed by atoms with Crippen LogP contribution in [0.5, 0.6) is 5.75 Å². The highest BCUT2D eigenvalue weighted by Gasteiger charge is 2.19.